The van der Waals surface area contributed by atoms with E-state index in [9.17, 15) is 4.79 Å². The molecule has 1 unspecified atom stereocenters. The summed E-state index contributed by atoms with van der Waals surface area (Å²) >= 11 is 0. The number of esters is 1. The SMILES string of the molecule is CCCCCCCCCCCCCCCCOC(=O)C(CCCCCC)CCCCCCCCCCCCCC. The number of ether oxygens (including phenoxy) is 1. The summed E-state index contributed by atoms with van der Waals surface area (Å²) in [4.78, 5) is 12.9. The van der Waals surface area contributed by atoms with E-state index >= 15 is 0 Å². The molecule has 0 aromatic heterocycles. The first-order valence-electron chi connectivity index (χ1n) is 18.9. The zero-order valence-electron chi connectivity index (χ0n) is 28.2. The highest BCUT2D eigenvalue weighted by atomic mass is 16.5. The second-order valence-corrected chi connectivity index (χ2v) is 13.0. The number of hydrogen-bond acceptors (Lipinski definition) is 2. The molecule has 0 saturated heterocycles. The maximum Gasteiger partial charge on any atom is 0.308 e. The van der Waals surface area contributed by atoms with E-state index in [1.807, 2.05) is 0 Å². The summed E-state index contributed by atoms with van der Waals surface area (Å²) < 4.78 is 5.79. The lowest BCUT2D eigenvalue weighted by molar-refractivity contribution is -0.149. The molecular formula is C38H76O2. The van der Waals surface area contributed by atoms with Crippen molar-refractivity contribution in [1.82, 2.24) is 0 Å². The predicted molar refractivity (Wildman–Crippen MR) is 179 cm³/mol. The summed E-state index contributed by atoms with van der Waals surface area (Å²) in [5.74, 6) is 0.251. The van der Waals surface area contributed by atoms with E-state index in [2.05, 4.69) is 20.8 Å². The van der Waals surface area contributed by atoms with Crippen molar-refractivity contribution in [2.24, 2.45) is 5.92 Å². The lowest BCUT2D eigenvalue weighted by Gasteiger charge is -2.16. The lowest BCUT2D eigenvalue weighted by Crippen LogP contribution is -2.18. The van der Waals surface area contributed by atoms with Crippen LogP contribution in [0.5, 0.6) is 0 Å². The molecule has 1 atom stereocenters. The van der Waals surface area contributed by atoms with Crippen LogP contribution in [0.2, 0.25) is 0 Å². The Balaban J connectivity index is 3.77. The fourth-order valence-electron chi connectivity index (χ4n) is 6.02. The van der Waals surface area contributed by atoms with Gasteiger partial charge in [-0.05, 0) is 19.3 Å². The Hall–Kier alpha value is -0.530. The van der Waals surface area contributed by atoms with Gasteiger partial charge in [0.1, 0.15) is 0 Å². The highest BCUT2D eigenvalue weighted by molar-refractivity contribution is 5.72. The third-order valence-electron chi connectivity index (χ3n) is 8.89. The molecule has 0 aromatic carbocycles. The van der Waals surface area contributed by atoms with Crippen LogP contribution < -0.4 is 0 Å². The monoisotopic (exact) mass is 565 g/mol. The molecule has 2 nitrogen and oxygen atoms in total. The molecule has 0 rings (SSSR count). The second kappa shape index (κ2) is 34.7. The molecule has 2 heteroatoms. The summed E-state index contributed by atoms with van der Waals surface area (Å²) in [5.41, 5.74) is 0. The van der Waals surface area contributed by atoms with Crippen molar-refractivity contribution in [3.8, 4) is 0 Å². The van der Waals surface area contributed by atoms with Crippen LogP contribution in [-0.2, 0) is 9.53 Å². The maximum absolute atomic E-state index is 12.9. The van der Waals surface area contributed by atoms with Crippen molar-refractivity contribution < 1.29 is 9.53 Å². The standard InChI is InChI=1S/C38H76O2/c1-4-7-10-13-15-17-19-21-22-24-26-28-30-33-36-40-38(39)37(34-31-12-9-6-3)35-32-29-27-25-23-20-18-16-14-11-8-5-2/h37H,4-36H2,1-3H3. The lowest BCUT2D eigenvalue weighted by atomic mass is 9.94. The Labute approximate surface area is 254 Å². The molecule has 240 valence electrons. The van der Waals surface area contributed by atoms with Crippen LogP contribution in [0.3, 0.4) is 0 Å². The Morgan fingerprint density at radius 1 is 0.375 bits per heavy atom. The van der Waals surface area contributed by atoms with Gasteiger partial charge in [0.2, 0.25) is 0 Å². The first-order chi connectivity index (χ1) is 19.8. The summed E-state index contributed by atoms with van der Waals surface area (Å²) in [6.45, 7) is 7.48. The van der Waals surface area contributed by atoms with Gasteiger partial charge in [-0.25, -0.2) is 0 Å². The number of unbranched alkanes of at least 4 members (excludes halogenated alkanes) is 27. The number of hydrogen-bond donors (Lipinski definition) is 0. The van der Waals surface area contributed by atoms with Crippen molar-refractivity contribution in [3.05, 3.63) is 0 Å². The molecule has 0 N–H and O–H groups in total. The van der Waals surface area contributed by atoms with E-state index in [4.69, 9.17) is 4.74 Å². The minimum absolute atomic E-state index is 0.106. The highest BCUT2D eigenvalue weighted by Crippen LogP contribution is 2.21. The maximum atomic E-state index is 12.9. The zero-order chi connectivity index (χ0) is 29.2. The van der Waals surface area contributed by atoms with E-state index in [1.54, 1.807) is 0 Å². The normalized spacial score (nSPS) is 12.2. The van der Waals surface area contributed by atoms with Gasteiger partial charge in [0.25, 0.3) is 0 Å². The summed E-state index contributed by atoms with van der Waals surface area (Å²) in [5, 5.41) is 0. The first-order valence-corrected chi connectivity index (χ1v) is 18.9. The minimum atomic E-state index is 0.106. The Bertz CT molecular complexity index is 474. The fraction of sp³-hybridized carbons (Fsp3) is 0.974. The van der Waals surface area contributed by atoms with Gasteiger partial charge in [0.15, 0.2) is 0 Å². The van der Waals surface area contributed by atoms with Gasteiger partial charge in [0, 0.05) is 0 Å². The smallest absolute Gasteiger partial charge is 0.308 e. The van der Waals surface area contributed by atoms with Gasteiger partial charge in [-0.3, -0.25) is 4.79 Å². The van der Waals surface area contributed by atoms with Crippen molar-refractivity contribution in [2.75, 3.05) is 6.61 Å². The Morgan fingerprint density at radius 2 is 0.625 bits per heavy atom. The topological polar surface area (TPSA) is 26.3 Å². The van der Waals surface area contributed by atoms with E-state index in [0.717, 1.165) is 19.3 Å². The van der Waals surface area contributed by atoms with E-state index < -0.39 is 0 Å². The van der Waals surface area contributed by atoms with Gasteiger partial charge < -0.3 is 4.74 Å². The van der Waals surface area contributed by atoms with Gasteiger partial charge in [-0.1, -0.05) is 207 Å². The summed E-state index contributed by atoms with van der Waals surface area (Å²) in [6.07, 6.45) is 42.6. The minimum Gasteiger partial charge on any atom is -0.465 e. The molecule has 0 radical (unpaired) electrons. The third-order valence-corrected chi connectivity index (χ3v) is 8.89. The van der Waals surface area contributed by atoms with E-state index in [0.29, 0.717) is 6.61 Å². The van der Waals surface area contributed by atoms with Crippen LogP contribution in [0.1, 0.15) is 226 Å². The van der Waals surface area contributed by atoms with Crippen LogP contribution in [-0.4, -0.2) is 12.6 Å². The largest absolute Gasteiger partial charge is 0.465 e. The number of carbonyl (C=O) groups excluding carboxylic acids is 1. The van der Waals surface area contributed by atoms with Gasteiger partial charge >= 0.3 is 5.97 Å². The predicted octanol–water partition coefficient (Wildman–Crippen LogP) is 13.7. The number of rotatable bonds is 34. The first kappa shape index (κ1) is 39.5. The molecule has 0 saturated carbocycles. The molecule has 0 aliphatic carbocycles. The summed E-state index contributed by atoms with van der Waals surface area (Å²) in [7, 11) is 0. The van der Waals surface area contributed by atoms with Crippen molar-refractivity contribution in [3.63, 3.8) is 0 Å². The summed E-state index contributed by atoms with van der Waals surface area (Å²) in [6, 6.07) is 0. The number of carbonyl (C=O) groups is 1. The molecule has 40 heavy (non-hydrogen) atoms. The van der Waals surface area contributed by atoms with Crippen LogP contribution in [0.25, 0.3) is 0 Å². The molecule has 0 fully saturated rings. The van der Waals surface area contributed by atoms with Crippen LogP contribution in [0, 0.1) is 5.92 Å². The van der Waals surface area contributed by atoms with E-state index in [1.165, 1.54) is 186 Å². The molecule has 0 bridgehead atoms. The molecular weight excluding hydrogens is 488 g/mol. The average Bonchev–Trinajstić information content (AvgIpc) is 2.96. The van der Waals surface area contributed by atoms with Gasteiger partial charge in [0.05, 0.1) is 12.5 Å². The Morgan fingerprint density at radius 3 is 0.950 bits per heavy atom. The van der Waals surface area contributed by atoms with Crippen LogP contribution in [0.15, 0.2) is 0 Å². The molecule has 0 spiro atoms. The molecule has 0 amide bonds. The van der Waals surface area contributed by atoms with Crippen molar-refractivity contribution in [2.45, 2.75) is 226 Å². The van der Waals surface area contributed by atoms with Crippen LogP contribution >= 0.6 is 0 Å². The Kier molecular flexibility index (Phi) is 34.2. The molecule has 0 heterocycles. The van der Waals surface area contributed by atoms with Gasteiger partial charge in [-0.15, -0.1) is 0 Å². The molecule has 0 aliphatic rings. The molecule has 0 aliphatic heterocycles. The average molecular weight is 565 g/mol. The molecule has 0 aromatic rings. The quantitative estimate of drug-likeness (QED) is 0.0574. The van der Waals surface area contributed by atoms with E-state index in [-0.39, 0.29) is 11.9 Å². The fourth-order valence-corrected chi connectivity index (χ4v) is 6.02. The van der Waals surface area contributed by atoms with Crippen molar-refractivity contribution >= 4 is 5.97 Å². The van der Waals surface area contributed by atoms with Crippen LogP contribution in [0.4, 0.5) is 0 Å². The second-order valence-electron chi connectivity index (χ2n) is 13.0. The van der Waals surface area contributed by atoms with Crippen molar-refractivity contribution in [1.29, 1.82) is 0 Å². The van der Waals surface area contributed by atoms with Gasteiger partial charge in [-0.2, -0.15) is 0 Å². The highest BCUT2D eigenvalue weighted by Gasteiger charge is 2.19. The zero-order valence-corrected chi connectivity index (χ0v) is 28.2. The third kappa shape index (κ3) is 30.4.